The summed E-state index contributed by atoms with van der Waals surface area (Å²) in [6, 6.07) is 0. The Balaban J connectivity index is 3.02. The fourth-order valence-electron chi connectivity index (χ4n) is 4.21. The summed E-state index contributed by atoms with van der Waals surface area (Å²) in [5, 5.41) is 3.03. The molecule has 0 aromatic rings. The standard InChI is InChI=1S/C33H69NO8/c1-3-4-5-6-7-8-9-10-11-12-13-14-15-16-18-35-20-22-37-24-26-39-28-30-41-32-33-42-31-29-40-27-25-38-23-21-36-19-17-34-2/h34H,3-33H2,1-2H3. The first-order valence-corrected chi connectivity index (χ1v) is 17.2. The third kappa shape index (κ3) is 39.6. The molecule has 0 aromatic heterocycles. The molecule has 0 saturated heterocycles. The second-order valence-corrected chi connectivity index (χ2v) is 10.6. The van der Waals surface area contributed by atoms with Crippen molar-refractivity contribution in [3.63, 3.8) is 0 Å². The number of nitrogens with one attached hydrogen (secondary N) is 1. The van der Waals surface area contributed by atoms with Crippen molar-refractivity contribution in [2.45, 2.75) is 96.8 Å². The van der Waals surface area contributed by atoms with E-state index in [9.17, 15) is 0 Å². The van der Waals surface area contributed by atoms with E-state index in [-0.39, 0.29) is 0 Å². The number of hydrogen-bond donors (Lipinski definition) is 1. The minimum absolute atomic E-state index is 0.548. The van der Waals surface area contributed by atoms with Crippen LogP contribution in [0.25, 0.3) is 0 Å². The summed E-state index contributed by atoms with van der Waals surface area (Å²) in [5.41, 5.74) is 0. The fourth-order valence-corrected chi connectivity index (χ4v) is 4.21. The normalized spacial score (nSPS) is 11.6. The van der Waals surface area contributed by atoms with Crippen molar-refractivity contribution in [2.75, 3.05) is 119 Å². The van der Waals surface area contributed by atoms with Crippen LogP contribution in [0, 0.1) is 0 Å². The average molecular weight is 608 g/mol. The van der Waals surface area contributed by atoms with E-state index in [2.05, 4.69) is 12.2 Å². The van der Waals surface area contributed by atoms with Crippen molar-refractivity contribution in [1.82, 2.24) is 5.32 Å². The summed E-state index contributed by atoms with van der Waals surface area (Å²) >= 11 is 0. The maximum atomic E-state index is 5.67. The summed E-state index contributed by atoms with van der Waals surface area (Å²) in [4.78, 5) is 0. The second kappa shape index (κ2) is 40.6. The van der Waals surface area contributed by atoms with E-state index in [0.29, 0.717) is 99.1 Å². The highest BCUT2D eigenvalue weighted by Gasteiger charge is 1.97. The third-order valence-corrected chi connectivity index (χ3v) is 6.74. The van der Waals surface area contributed by atoms with Gasteiger partial charge in [0.05, 0.1) is 99.1 Å². The molecule has 0 bridgehead atoms. The molecule has 0 atom stereocenters. The molecule has 0 aliphatic heterocycles. The molecule has 9 nitrogen and oxygen atoms in total. The summed E-state index contributed by atoms with van der Waals surface area (Å²) < 4.78 is 44.0. The summed E-state index contributed by atoms with van der Waals surface area (Å²) in [7, 11) is 1.90. The second-order valence-electron chi connectivity index (χ2n) is 10.6. The molecular weight excluding hydrogens is 538 g/mol. The minimum Gasteiger partial charge on any atom is -0.379 e. The zero-order valence-electron chi connectivity index (χ0n) is 27.7. The van der Waals surface area contributed by atoms with E-state index < -0.39 is 0 Å². The van der Waals surface area contributed by atoms with E-state index in [4.69, 9.17) is 37.9 Å². The van der Waals surface area contributed by atoms with Crippen molar-refractivity contribution in [1.29, 1.82) is 0 Å². The van der Waals surface area contributed by atoms with Crippen LogP contribution in [0.5, 0.6) is 0 Å². The predicted octanol–water partition coefficient (Wildman–Crippen LogP) is 5.82. The first-order chi connectivity index (χ1) is 20.9. The predicted molar refractivity (Wildman–Crippen MR) is 171 cm³/mol. The van der Waals surface area contributed by atoms with Crippen LogP contribution in [0.4, 0.5) is 0 Å². The van der Waals surface area contributed by atoms with Crippen LogP contribution in [0.15, 0.2) is 0 Å². The highest BCUT2D eigenvalue weighted by molar-refractivity contribution is 4.49. The lowest BCUT2D eigenvalue weighted by Gasteiger charge is -2.08. The smallest absolute Gasteiger partial charge is 0.0701 e. The van der Waals surface area contributed by atoms with Gasteiger partial charge in [-0.1, -0.05) is 90.4 Å². The van der Waals surface area contributed by atoms with Gasteiger partial charge in [-0.3, -0.25) is 0 Å². The van der Waals surface area contributed by atoms with Gasteiger partial charge < -0.3 is 43.2 Å². The van der Waals surface area contributed by atoms with Crippen LogP contribution in [-0.2, 0) is 37.9 Å². The molecular formula is C33H69NO8. The van der Waals surface area contributed by atoms with Crippen molar-refractivity contribution in [3.8, 4) is 0 Å². The molecule has 0 fully saturated rings. The Morgan fingerprint density at radius 2 is 0.524 bits per heavy atom. The molecule has 0 aromatic carbocycles. The molecule has 0 aliphatic carbocycles. The van der Waals surface area contributed by atoms with Gasteiger partial charge in [-0.15, -0.1) is 0 Å². The summed E-state index contributed by atoms with van der Waals surface area (Å²) in [6.07, 6.45) is 19.3. The molecule has 0 radical (unpaired) electrons. The monoisotopic (exact) mass is 608 g/mol. The van der Waals surface area contributed by atoms with Gasteiger partial charge in [0, 0.05) is 13.2 Å². The minimum atomic E-state index is 0.548. The van der Waals surface area contributed by atoms with Crippen molar-refractivity contribution in [3.05, 3.63) is 0 Å². The molecule has 0 amide bonds. The number of likely N-dealkylation sites (N-methyl/N-ethyl adjacent to an activating group) is 1. The van der Waals surface area contributed by atoms with E-state index >= 15 is 0 Å². The Morgan fingerprint density at radius 1 is 0.286 bits per heavy atom. The van der Waals surface area contributed by atoms with E-state index in [1.165, 1.54) is 83.5 Å². The van der Waals surface area contributed by atoms with Gasteiger partial charge in [0.2, 0.25) is 0 Å². The van der Waals surface area contributed by atoms with Gasteiger partial charge in [0.1, 0.15) is 0 Å². The quantitative estimate of drug-likeness (QED) is 0.0869. The molecule has 0 aliphatic rings. The Kier molecular flexibility index (Phi) is 40.3. The summed E-state index contributed by atoms with van der Waals surface area (Å²) in [6.45, 7) is 12.8. The molecule has 42 heavy (non-hydrogen) atoms. The van der Waals surface area contributed by atoms with E-state index in [1.54, 1.807) is 0 Å². The van der Waals surface area contributed by atoms with Crippen LogP contribution >= 0.6 is 0 Å². The molecule has 0 rings (SSSR count). The van der Waals surface area contributed by atoms with Crippen LogP contribution in [0.1, 0.15) is 96.8 Å². The van der Waals surface area contributed by atoms with E-state index in [0.717, 1.165) is 19.6 Å². The lowest BCUT2D eigenvalue weighted by Crippen LogP contribution is -2.17. The topological polar surface area (TPSA) is 85.9 Å². The highest BCUT2D eigenvalue weighted by Crippen LogP contribution is 2.12. The SMILES string of the molecule is CCCCCCCCCCCCCCCCOCCOCCOCCOCCOCCOCCOCCOCCNC. The van der Waals surface area contributed by atoms with Crippen LogP contribution < -0.4 is 5.32 Å². The molecule has 0 heterocycles. The Morgan fingerprint density at radius 3 is 0.810 bits per heavy atom. The highest BCUT2D eigenvalue weighted by atomic mass is 16.6. The van der Waals surface area contributed by atoms with E-state index in [1.807, 2.05) is 7.05 Å². The first kappa shape index (κ1) is 41.6. The number of unbranched alkanes of at least 4 members (excludes halogenated alkanes) is 13. The van der Waals surface area contributed by atoms with Gasteiger partial charge in [0.15, 0.2) is 0 Å². The van der Waals surface area contributed by atoms with Gasteiger partial charge in [-0.2, -0.15) is 0 Å². The van der Waals surface area contributed by atoms with Crippen molar-refractivity contribution < 1.29 is 37.9 Å². The Labute approximate surface area is 259 Å². The summed E-state index contributed by atoms with van der Waals surface area (Å²) in [5.74, 6) is 0. The lowest BCUT2D eigenvalue weighted by atomic mass is 10.0. The van der Waals surface area contributed by atoms with Gasteiger partial charge >= 0.3 is 0 Å². The third-order valence-electron chi connectivity index (χ3n) is 6.74. The Bertz CT molecular complexity index is 422. The lowest BCUT2D eigenvalue weighted by molar-refractivity contribution is -0.0230. The van der Waals surface area contributed by atoms with Crippen LogP contribution in [0.3, 0.4) is 0 Å². The zero-order valence-corrected chi connectivity index (χ0v) is 27.7. The largest absolute Gasteiger partial charge is 0.379 e. The molecule has 9 heteroatoms. The zero-order chi connectivity index (χ0) is 30.3. The maximum Gasteiger partial charge on any atom is 0.0701 e. The van der Waals surface area contributed by atoms with Crippen molar-refractivity contribution in [2.24, 2.45) is 0 Å². The molecule has 254 valence electrons. The number of rotatable bonds is 39. The van der Waals surface area contributed by atoms with Gasteiger partial charge in [0.25, 0.3) is 0 Å². The van der Waals surface area contributed by atoms with Crippen LogP contribution in [-0.4, -0.2) is 119 Å². The fraction of sp³-hybridized carbons (Fsp3) is 1.00. The van der Waals surface area contributed by atoms with Gasteiger partial charge in [-0.05, 0) is 13.5 Å². The van der Waals surface area contributed by atoms with Crippen molar-refractivity contribution >= 4 is 0 Å². The molecule has 1 N–H and O–H groups in total. The van der Waals surface area contributed by atoms with Gasteiger partial charge in [-0.25, -0.2) is 0 Å². The number of hydrogen-bond acceptors (Lipinski definition) is 9. The van der Waals surface area contributed by atoms with Crippen LogP contribution in [0.2, 0.25) is 0 Å². The molecule has 0 unspecified atom stereocenters. The maximum absolute atomic E-state index is 5.67. The molecule has 0 spiro atoms. The first-order valence-electron chi connectivity index (χ1n) is 17.2. The average Bonchev–Trinajstić information content (AvgIpc) is 3.00. The number of ether oxygens (including phenoxy) is 8. The Hall–Kier alpha value is -0.360. The molecule has 0 saturated carbocycles.